The van der Waals surface area contributed by atoms with Gasteiger partial charge in [0.1, 0.15) is 11.6 Å². The molecule has 0 radical (unpaired) electrons. The monoisotopic (exact) mass is 400 g/mol. The first-order chi connectivity index (χ1) is 14.0. The summed E-state index contributed by atoms with van der Waals surface area (Å²) in [5.41, 5.74) is 3.10. The Morgan fingerprint density at radius 2 is 2.00 bits per heavy atom. The molecule has 0 aromatic heterocycles. The molecule has 2 aromatic carbocycles. The van der Waals surface area contributed by atoms with Crippen LogP contribution < -0.4 is 15.0 Å². The molecule has 2 aliphatic heterocycles. The highest BCUT2D eigenvalue weighted by molar-refractivity contribution is 5.59. The number of nitro groups is 1. The van der Waals surface area contributed by atoms with Crippen molar-refractivity contribution >= 4 is 17.1 Å². The van der Waals surface area contributed by atoms with E-state index in [4.69, 9.17) is 4.74 Å². The van der Waals surface area contributed by atoms with Crippen molar-refractivity contribution in [2.24, 2.45) is 0 Å². The van der Waals surface area contributed by atoms with Crippen LogP contribution in [-0.2, 0) is 6.42 Å². The lowest BCUT2D eigenvalue weighted by Crippen LogP contribution is -2.50. The van der Waals surface area contributed by atoms with E-state index in [2.05, 4.69) is 15.1 Å². The number of nitrogens with zero attached hydrogens (tertiary/aromatic N) is 3. The summed E-state index contributed by atoms with van der Waals surface area (Å²) in [5, 5.41) is 14.5. The fraction of sp³-hybridized carbons (Fsp3) is 0.429. The Labute approximate surface area is 169 Å². The molecule has 1 atom stereocenters. The number of hydrogen-bond donors (Lipinski definition) is 1. The predicted molar refractivity (Wildman–Crippen MR) is 110 cm³/mol. The maximum atomic E-state index is 13.4. The van der Waals surface area contributed by atoms with Crippen LogP contribution in [0.15, 0.2) is 36.4 Å². The summed E-state index contributed by atoms with van der Waals surface area (Å²) in [7, 11) is 1.57. The molecule has 2 heterocycles. The number of fused-ring (bicyclic) bond motifs is 1. The summed E-state index contributed by atoms with van der Waals surface area (Å²) >= 11 is 0. The largest absolute Gasteiger partial charge is 0.494 e. The molecule has 0 saturated carbocycles. The first-order valence-corrected chi connectivity index (χ1v) is 9.88. The lowest BCUT2D eigenvalue weighted by atomic mass is 9.97. The molecule has 8 heteroatoms. The molecule has 2 aliphatic rings. The average Bonchev–Trinajstić information content (AvgIpc) is 2.74. The zero-order chi connectivity index (χ0) is 20.4. The summed E-state index contributed by atoms with van der Waals surface area (Å²) in [6.45, 7) is 4.50. The van der Waals surface area contributed by atoms with Crippen LogP contribution in [0.1, 0.15) is 12.0 Å². The molecule has 0 spiro atoms. The molecule has 7 nitrogen and oxygen atoms in total. The van der Waals surface area contributed by atoms with Gasteiger partial charge in [0.25, 0.3) is 5.69 Å². The van der Waals surface area contributed by atoms with Crippen LogP contribution >= 0.6 is 0 Å². The van der Waals surface area contributed by atoms with Crippen LogP contribution in [-0.4, -0.2) is 55.7 Å². The molecule has 4 rings (SSSR count). The Morgan fingerprint density at radius 3 is 2.72 bits per heavy atom. The van der Waals surface area contributed by atoms with Crippen molar-refractivity contribution < 1.29 is 14.1 Å². The normalized spacial score (nSPS) is 19.4. The van der Waals surface area contributed by atoms with Crippen molar-refractivity contribution in [1.82, 2.24) is 4.90 Å². The molecule has 0 bridgehead atoms. The average molecular weight is 400 g/mol. The standard InChI is InChI=1S/C21H25FN4O3/c1-29-21-13-16(22)3-7-20(21)25-10-8-24(9-11-25)14-17-4-2-15-12-18(26(27)28)5-6-19(15)23-17/h3,5-7,12-13,17,23H,2,4,8-11,14H2,1H3. The second-order valence-corrected chi connectivity index (χ2v) is 7.58. The Morgan fingerprint density at radius 1 is 1.21 bits per heavy atom. The first-order valence-electron chi connectivity index (χ1n) is 9.88. The minimum Gasteiger partial charge on any atom is -0.494 e. The SMILES string of the molecule is COc1cc(F)ccc1N1CCN(CC2CCc3cc([N+](=O)[O-])ccc3N2)CC1. The third-order valence-corrected chi connectivity index (χ3v) is 5.75. The fourth-order valence-electron chi connectivity index (χ4n) is 4.20. The molecular weight excluding hydrogens is 375 g/mol. The van der Waals surface area contributed by atoms with Gasteiger partial charge in [0.15, 0.2) is 0 Å². The molecule has 154 valence electrons. The van der Waals surface area contributed by atoms with Crippen molar-refractivity contribution in [3.63, 3.8) is 0 Å². The molecule has 1 fully saturated rings. The number of anilines is 2. The van der Waals surface area contributed by atoms with Gasteiger partial charge in [0, 0.05) is 62.7 Å². The molecule has 1 unspecified atom stereocenters. The van der Waals surface area contributed by atoms with Crippen molar-refractivity contribution in [2.45, 2.75) is 18.9 Å². The summed E-state index contributed by atoms with van der Waals surface area (Å²) < 4.78 is 18.8. The highest BCUT2D eigenvalue weighted by Gasteiger charge is 2.25. The maximum absolute atomic E-state index is 13.4. The predicted octanol–water partition coefficient (Wildman–Crippen LogP) is 3.29. The quantitative estimate of drug-likeness (QED) is 0.614. The number of aryl methyl sites for hydroxylation is 1. The van der Waals surface area contributed by atoms with Crippen molar-refractivity contribution in [1.29, 1.82) is 0 Å². The smallest absolute Gasteiger partial charge is 0.269 e. The minimum absolute atomic E-state index is 0.149. The van der Waals surface area contributed by atoms with Crippen molar-refractivity contribution in [2.75, 3.05) is 50.1 Å². The van der Waals surface area contributed by atoms with Gasteiger partial charge in [-0.25, -0.2) is 4.39 Å². The van der Waals surface area contributed by atoms with Crippen LogP contribution in [0, 0.1) is 15.9 Å². The Bertz CT molecular complexity index is 899. The maximum Gasteiger partial charge on any atom is 0.269 e. The van der Waals surface area contributed by atoms with Crippen LogP contribution in [0.4, 0.5) is 21.5 Å². The van der Waals surface area contributed by atoms with Crippen LogP contribution in [0.5, 0.6) is 5.75 Å². The zero-order valence-electron chi connectivity index (χ0n) is 16.4. The number of rotatable bonds is 5. The molecule has 1 saturated heterocycles. The van der Waals surface area contributed by atoms with Gasteiger partial charge in [-0.2, -0.15) is 0 Å². The second-order valence-electron chi connectivity index (χ2n) is 7.58. The van der Waals surface area contributed by atoms with Gasteiger partial charge in [0.05, 0.1) is 17.7 Å². The van der Waals surface area contributed by atoms with E-state index < -0.39 is 0 Å². The number of methoxy groups -OCH3 is 1. The number of nitro benzene ring substituents is 1. The highest BCUT2D eigenvalue weighted by atomic mass is 19.1. The third kappa shape index (κ3) is 4.27. The fourth-order valence-corrected chi connectivity index (χ4v) is 4.20. The van der Waals surface area contributed by atoms with Gasteiger partial charge in [-0.3, -0.25) is 15.0 Å². The Hall–Kier alpha value is -2.87. The molecule has 2 aromatic rings. The lowest BCUT2D eigenvalue weighted by Gasteiger charge is -2.39. The lowest BCUT2D eigenvalue weighted by molar-refractivity contribution is -0.384. The molecule has 29 heavy (non-hydrogen) atoms. The van der Waals surface area contributed by atoms with Crippen LogP contribution in [0.3, 0.4) is 0 Å². The number of ether oxygens (including phenoxy) is 1. The summed E-state index contributed by atoms with van der Waals surface area (Å²) in [6.07, 6.45) is 1.81. The minimum atomic E-state index is -0.345. The van der Waals surface area contributed by atoms with E-state index in [0.29, 0.717) is 11.8 Å². The van der Waals surface area contributed by atoms with Crippen molar-refractivity contribution in [3.05, 3.63) is 57.9 Å². The van der Waals surface area contributed by atoms with Crippen LogP contribution in [0.2, 0.25) is 0 Å². The van der Waals surface area contributed by atoms with E-state index in [0.717, 1.165) is 62.5 Å². The molecule has 0 aliphatic carbocycles. The summed E-state index contributed by atoms with van der Waals surface area (Å²) in [5.74, 6) is 0.274. The van der Waals surface area contributed by atoms with Gasteiger partial charge in [0.2, 0.25) is 0 Å². The van der Waals surface area contributed by atoms with E-state index in [1.165, 1.54) is 12.1 Å². The van der Waals surface area contributed by atoms with Gasteiger partial charge >= 0.3 is 0 Å². The Kier molecular flexibility index (Phi) is 5.53. The first kappa shape index (κ1) is 19.4. The van der Waals surface area contributed by atoms with E-state index in [9.17, 15) is 14.5 Å². The zero-order valence-corrected chi connectivity index (χ0v) is 16.4. The van der Waals surface area contributed by atoms with E-state index >= 15 is 0 Å². The number of benzene rings is 2. The third-order valence-electron chi connectivity index (χ3n) is 5.75. The molecule has 1 N–H and O–H groups in total. The molecule has 0 amide bonds. The summed E-state index contributed by atoms with van der Waals surface area (Å²) in [4.78, 5) is 15.3. The van der Waals surface area contributed by atoms with E-state index in [1.54, 1.807) is 25.3 Å². The summed E-state index contributed by atoms with van der Waals surface area (Å²) in [6, 6.07) is 10.1. The van der Waals surface area contributed by atoms with Gasteiger partial charge < -0.3 is 15.0 Å². The van der Waals surface area contributed by atoms with E-state index in [-0.39, 0.29) is 16.4 Å². The number of halogens is 1. The molecular formula is C21H25FN4O3. The second kappa shape index (κ2) is 8.24. The topological polar surface area (TPSA) is 70.9 Å². The van der Waals surface area contributed by atoms with Gasteiger partial charge in [-0.15, -0.1) is 0 Å². The Balaban J connectivity index is 1.33. The number of hydrogen-bond acceptors (Lipinski definition) is 6. The number of nitrogens with one attached hydrogen (secondary N) is 1. The van der Waals surface area contributed by atoms with E-state index in [1.807, 2.05) is 6.07 Å². The van der Waals surface area contributed by atoms with Crippen LogP contribution in [0.25, 0.3) is 0 Å². The highest BCUT2D eigenvalue weighted by Crippen LogP contribution is 2.31. The number of piperazine rings is 1. The number of non-ortho nitro benzene ring substituents is 1. The van der Waals surface area contributed by atoms with Gasteiger partial charge in [-0.1, -0.05) is 0 Å². The van der Waals surface area contributed by atoms with Crippen molar-refractivity contribution in [3.8, 4) is 5.75 Å². The van der Waals surface area contributed by atoms with Gasteiger partial charge in [-0.05, 0) is 36.6 Å².